The molecule has 0 bridgehead atoms. The number of ether oxygens (including phenoxy) is 1. The molecule has 2 atom stereocenters. The van der Waals surface area contributed by atoms with Crippen LogP contribution in [0.1, 0.15) is 52.1 Å². The van der Waals surface area contributed by atoms with Crippen molar-refractivity contribution in [3.8, 4) is 0 Å². The fourth-order valence-electron chi connectivity index (χ4n) is 4.66. The number of nitrogens with one attached hydrogen (secondary N) is 2. The molecule has 3 fully saturated rings. The van der Waals surface area contributed by atoms with E-state index in [0.717, 1.165) is 24.7 Å². The number of hydrogen-bond acceptors (Lipinski definition) is 7. The van der Waals surface area contributed by atoms with Gasteiger partial charge in [0, 0.05) is 61.4 Å². The van der Waals surface area contributed by atoms with Gasteiger partial charge in [0.15, 0.2) is 5.82 Å². The number of hydrogen-bond donors (Lipinski definition) is 2. The van der Waals surface area contributed by atoms with Crippen molar-refractivity contribution in [2.45, 2.75) is 52.1 Å². The molecule has 3 aliphatic rings. The van der Waals surface area contributed by atoms with Crippen LogP contribution < -0.4 is 10.2 Å². The first-order valence-corrected chi connectivity index (χ1v) is 11.1. The van der Waals surface area contributed by atoms with Gasteiger partial charge in [-0.2, -0.15) is 10.1 Å². The summed E-state index contributed by atoms with van der Waals surface area (Å²) in [6.45, 7) is 11.0. The predicted molar refractivity (Wildman–Crippen MR) is 117 cm³/mol. The lowest BCUT2D eigenvalue weighted by atomic mass is 9.83. The Morgan fingerprint density at radius 3 is 2.77 bits per heavy atom. The number of anilines is 3. The highest BCUT2D eigenvalue weighted by molar-refractivity contribution is 5.69. The second-order valence-corrected chi connectivity index (χ2v) is 10.4. The third kappa shape index (κ3) is 4.18. The summed E-state index contributed by atoms with van der Waals surface area (Å²) in [6, 6.07) is 3.92. The van der Waals surface area contributed by atoms with Crippen LogP contribution in [0.5, 0.6) is 0 Å². The Morgan fingerprint density at radius 1 is 1.26 bits per heavy atom. The third-order valence-corrected chi connectivity index (χ3v) is 6.42. The second-order valence-electron chi connectivity index (χ2n) is 10.4. The van der Waals surface area contributed by atoms with Crippen LogP contribution in [0, 0.1) is 11.3 Å². The van der Waals surface area contributed by atoms with Crippen LogP contribution in [-0.4, -0.2) is 62.9 Å². The zero-order valence-corrected chi connectivity index (χ0v) is 18.7. The predicted octanol–water partition coefficient (Wildman–Crippen LogP) is 3.51. The van der Waals surface area contributed by atoms with E-state index in [4.69, 9.17) is 9.72 Å². The number of rotatable bonds is 4. The maximum atomic E-state index is 12.5. The molecule has 166 valence electrons. The van der Waals surface area contributed by atoms with Crippen LogP contribution >= 0.6 is 0 Å². The first-order chi connectivity index (χ1) is 14.7. The number of carbonyl (C=O) groups is 1. The lowest BCUT2D eigenvalue weighted by Crippen LogP contribution is -2.39. The van der Waals surface area contributed by atoms with E-state index in [0.29, 0.717) is 30.9 Å². The summed E-state index contributed by atoms with van der Waals surface area (Å²) in [5.41, 5.74) is 0.716. The van der Waals surface area contributed by atoms with Crippen molar-refractivity contribution in [3.05, 3.63) is 24.0 Å². The van der Waals surface area contributed by atoms with Crippen LogP contribution in [-0.2, 0) is 4.74 Å². The Morgan fingerprint density at radius 2 is 2.06 bits per heavy atom. The molecule has 2 aromatic heterocycles. The van der Waals surface area contributed by atoms with E-state index in [1.807, 2.05) is 31.7 Å². The topological polar surface area (TPSA) is 99.3 Å². The van der Waals surface area contributed by atoms with Crippen LogP contribution in [0.4, 0.5) is 22.4 Å². The van der Waals surface area contributed by atoms with Gasteiger partial charge in [0.05, 0.1) is 0 Å². The van der Waals surface area contributed by atoms with Gasteiger partial charge in [-0.3, -0.25) is 5.10 Å². The first kappa shape index (κ1) is 20.1. The highest BCUT2D eigenvalue weighted by Gasteiger charge is 2.51. The number of fused-ring (bicyclic) bond motifs is 1. The van der Waals surface area contributed by atoms with Crippen LogP contribution in [0.3, 0.4) is 0 Å². The average molecular weight is 426 g/mol. The van der Waals surface area contributed by atoms with Gasteiger partial charge in [0.25, 0.3) is 0 Å². The molecule has 1 amide bonds. The molecule has 9 heteroatoms. The lowest BCUT2D eigenvalue weighted by molar-refractivity contribution is 0.0273. The Balaban J connectivity index is 1.23. The quantitative estimate of drug-likeness (QED) is 0.773. The van der Waals surface area contributed by atoms with E-state index in [9.17, 15) is 4.79 Å². The average Bonchev–Trinajstić information content (AvgIpc) is 3.22. The molecule has 1 aliphatic carbocycles. The molecule has 5 rings (SSSR count). The Kier molecular flexibility index (Phi) is 4.60. The molecular formula is C22H31N7O2. The summed E-state index contributed by atoms with van der Waals surface area (Å²) in [5, 5.41) is 10.7. The van der Waals surface area contributed by atoms with Gasteiger partial charge in [-0.25, -0.2) is 9.78 Å². The summed E-state index contributed by atoms with van der Waals surface area (Å²) in [6.07, 6.45) is 4.03. The Bertz CT molecular complexity index is 980. The van der Waals surface area contributed by atoms with Crippen molar-refractivity contribution in [3.63, 3.8) is 0 Å². The van der Waals surface area contributed by atoms with Gasteiger partial charge in [0.2, 0.25) is 5.95 Å². The van der Waals surface area contributed by atoms with Gasteiger partial charge in [0.1, 0.15) is 11.4 Å². The maximum Gasteiger partial charge on any atom is 0.410 e. The molecular weight excluding hydrogens is 394 g/mol. The number of nitrogens with zero attached hydrogens (tertiary/aromatic N) is 5. The zero-order chi connectivity index (χ0) is 21.8. The Labute approximate surface area is 182 Å². The number of aromatic nitrogens is 4. The van der Waals surface area contributed by atoms with Gasteiger partial charge in [-0.15, -0.1) is 0 Å². The van der Waals surface area contributed by atoms with Gasteiger partial charge in [-0.05, 0) is 39.7 Å². The van der Waals surface area contributed by atoms with E-state index in [-0.39, 0.29) is 11.5 Å². The molecule has 4 heterocycles. The van der Waals surface area contributed by atoms with Crippen molar-refractivity contribution >= 4 is 23.7 Å². The van der Waals surface area contributed by atoms with Gasteiger partial charge >= 0.3 is 6.09 Å². The monoisotopic (exact) mass is 425 g/mol. The van der Waals surface area contributed by atoms with Crippen molar-refractivity contribution in [2.24, 2.45) is 11.3 Å². The minimum Gasteiger partial charge on any atom is -0.444 e. The summed E-state index contributed by atoms with van der Waals surface area (Å²) in [7, 11) is 0. The molecule has 2 saturated heterocycles. The van der Waals surface area contributed by atoms with Crippen LogP contribution in [0.2, 0.25) is 0 Å². The zero-order valence-electron chi connectivity index (χ0n) is 18.7. The number of H-pyrrole nitrogens is 1. The molecule has 1 unspecified atom stereocenters. The lowest BCUT2D eigenvalue weighted by Gasteiger charge is -2.27. The van der Waals surface area contributed by atoms with E-state index in [2.05, 4.69) is 38.4 Å². The summed E-state index contributed by atoms with van der Waals surface area (Å²) >= 11 is 0. The largest absolute Gasteiger partial charge is 0.444 e. The van der Waals surface area contributed by atoms with E-state index >= 15 is 0 Å². The SMILES string of the molecule is CC(C)(C)OC(=O)N1C[C@@H]2CN(c3nccc(Nc4cc(C5CC5)[nH]n4)n3)CC2(C)C1. The maximum absolute atomic E-state index is 12.5. The minimum atomic E-state index is -0.475. The molecule has 2 aliphatic heterocycles. The third-order valence-electron chi connectivity index (χ3n) is 6.42. The first-order valence-electron chi connectivity index (χ1n) is 11.1. The number of likely N-dealkylation sites (tertiary alicyclic amines) is 1. The molecule has 2 aromatic rings. The molecule has 31 heavy (non-hydrogen) atoms. The summed E-state index contributed by atoms with van der Waals surface area (Å²) in [5.74, 6) is 3.23. The van der Waals surface area contributed by atoms with Gasteiger partial charge in [-0.1, -0.05) is 6.92 Å². The normalized spacial score (nSPS) is 25.6. The van der Waals surface area contributed by atoms with Crippen molar-refractivity contribution in [1.29, 1.82) is 0 Å². The fraction of sp³-hybridized carbons (Fsp3) is 0.636. The standard InChI is InChI=1S/C22H31N7O2/c1-21(2,3)31-20(30)29-11-15-10-28(12-22(15,4)13-29)19-23-8-7-17(25-19)24-18-9-16(26-27-18)14-5-6-14/h7-9,14-15H,5-6,10-13H2,1-4H3,(H2,23,24,25,26,27)/t15-,22?/m0/s1. The van der Waals surface area contributed by atoms with Crippen LogP contribution in [0.15, 0.2) is 18.3 Å². The summed E-state index contributed by atoms with van der Waals surface area (Å²) in [4.78, 5) is 25.8. The van der Waals surface area contributed by atoms with Crippen molar-refractivity contribution in [2.75, 3.05) is 36.4 Å². The van der Waals surface area contributed by atoms with E-state index < -0.39 is 5.60 Å². The Hall–Kier alpha value is -2.84. The summed E-state index contributed by atoms with van der Waals surface area (Å²) < 4.78 is 5.57. The highest BCUT2D eigenvalue weighted by Crippen LogP contribution is 2.43. The number of amides is 1. The number of carbonyl (C=O) groups excluding carboxylic acids is 1. The van der Waals surface area contributed by atoms with E-state index in [1.54, 1.807) is 6.20 Å². The molecule has 2 N–H and O–H groups in total. The second kappa shape index (κ2) is 7.10. The van der Waals surface area contributed by atoms with Crippen LogP contribution in [0.25, 0.3) is 0 Å². The molecule has 1 saturated carbocycles. The smallest absolute Gasteiger partial charge is 0.410 e. The fourth-order valence-corrected chi connectivity index (χ4v) is 4.66. The molecule has 9 nitrogen and oxygen atoms in total. The van der Waals surface area contributed by atoms with Crippen molar-refractivity contribution < 1.29 is 9.53 Å². The molecule has 0 radical (unpaired) electrons. The minimum absolute atomic E-state index is 0.00502. The van der Waals surface area contributed by atoms with Gasteiger partial charge < -0.3 is 19.9 Å². The molecule has 0 spiro atoms. The van der Waals surface area contributed by atoms with Crippen molar-refractivity contribution in [1.82, 2.24) is 25.1 Å². The van der Waals surface area contributed by atoms with E-state index in [1.165, 1.54) is 18.5 Å². The number of aromatic amines is 1. The highest BCUT2D eigenvalue weighted by atomic mass is 16.6. The molecule has 0 aromatic carbocycles.